The average Bonchev–Trinajstić information content (AvgIpc) is 1.88. The van der Waals surface area contributed by atoms with Crippen LogP contribution in [0.4, 0.5) is 0 Å². The van der Waals surface area contributed by atoms with E-state index in [-0.39, 0.29) is 17.4 Å². The largest absolute Gasteiger partial charge is 0.380 e. The Kier molecular flexibility index (Phi) is 1.59. The van der Waals surface area contributed by atoms with Gasteiger partial charge in [0.2, 0.25) is 0 Å². The van der Waals surface area contributed by atoms with Gasteiger partial charge in [-0.1, -0.05) is 20.8 Å². The highest BCUT2D eigenvalue weighted by molar-refractivity contribution is 5.93. The fraction of sp³-hybridized carbons (Fsp3) is 0.875. The first-order valence-corrected chi connectivity index (χ1v) is 3.59. The van der Waals surface area contributed by atoms with Crippen molar-refractivity contribution in [2.24, 2.45) is 11.3 Å². The highest BCUT2D eigenvalue weighted by Gasteiger charge is 2.53. The molecule has 0 radical (unpaired) electrons. The molecule has 58 valence electrons. The number of Topliss-reactive ketones (excluding diaryl/α,β-unsaturated/α-hetero) is 1. The maximum Gasteiger partial charge on any atom is 0.146 e. The number of methoxy groups -OCH3 is 1. The summed E-state index contributed by atoms with van der Waals surface area (Å²) in [7, 11) is 1.66. The molecular weight excluding hydrogens is 128 g/mol. The van der Waals surface area contributed by atoms with Crippen LogP contribution in [0.1, 0.15) is 20.8 Å². The van der Waals surface area contributed by atoms with Gasteiger partial charge in [0.25, 0.3) is 0 Å². The van der Waals surface area contributed by atoms with E-state index in [1.54, 1.807) is 7.11 Å². The highest BCUT2D eigenvalue weighted by Crippen LogP contribution is 2.42. The van der Waals surface area contributed by atoms with Gasteiger partial charge in [-0.2, -0.15) is 0 Å². The lowest BCUT2D eigenvalue weighted by molar-refractivity contribution is -0.167. The number of carbonyl (C=O) groups excluding carboxylic acids is 1. The zero-order chi connectivity index (χ0) is 7.94. The van der Waals surface area contributed by atoms with Crippen molar-refractivity contribution in [1.82, 2.24) is 0 Å². The summed E-state index contributed by atoms with van der Waals surface area (Å²) < 4.78 is 5.16. The van der Waals surface area contributed by atoms with E-state index in [0.717, 1.165) is 0 Å². The molecule has 1 saturated carbocycles. The van der Waals surface area contributed by atoms with Crippen molar-refractivity contribution in [1.29, 1.82) is 0 Å². The van der Waals surface area contributed by atoms with E-state index in [0.29, 0.717) is 5.78 Å². The van der Waals surface area contributed by atoms with Gasteiger partial charge in [0.05, 0.1) is 11.5 Å². The zero-order valence-electron chi connectivity index (χ0n) is 6.97. The number of hydrogen-bond donors (Lipinski definition) is 0. The molecule has 2 atom stereocenters. The lowest BCUT2D eigenvalue weighted by Gasteiger charge is -2.46. The minimum Gasteiger partial charge on any atom is -0.380 e. The Hall–Kier alpha value is -0.370. The molecule has 0 heterocycles. The molecule has 0 saturated heterocycles. The molecule has 1 rings (SSSR count). The Morgan fingerprint density at radius 1 is 1.50 bits per heavy atom. The maximum atomic E-state index is 11.2. The van der Waals surface area contributed by atoms with Gasteiger partial charge < -0.3 is 4.74 Å². The van der Waals surface area contributed by atoms with Gasteiger partial charge in [0.1, 0.15) is 5.78 Å². The standard InChI is InChI=1S/C8H14O2/c1-5-6(9)8(2,3)7(5)10-4/h5,7H,1-4H3/t5-,7-/m0/s1. The lowest BCUT2D eigenvalue weighted by Crippen LogP contribution is -2.58. The molecule has 1 aliphatic carbocycles. The van der Waals surface area contributed by atoms with Gasteiger partial charge in [0, 0.05) is 13.0 Å². The van der Waals surface area contributed by atoms with Crippen LogP contribution in [0.15, 0.2) is 0 Å². The summed E-state index contributed by atoms with van der Waals surface area (Å²) in [4.78, 5) is 11.2. The van der Waals surface area contributed by atoms with Gasteiger partial charge in [-0.15, -0.1) is 0 Å². The van der Waals surface area contributed by atoms with E-state index in [1.807, 2.05) is 20.8 Å². The minimum atomic E-state index is -0.242. The van der Waals surface area contributed by atoms with E-state index in [1.165, 1.54) is 0 Å². The molecule has 0 N–H and O–H groups in total. The van der Waals surface area contributed by atoms with Crippen molar-refractivity contribution >= 4 is 5.78 Å². The van der Waals surface area contributed by atoms with E-state index < -0.39 is 0 Å². The van der Waals surface area contributed by atoms with Gasteiger partial charge in [-0.25, -0.2) is 0 Å². The molecule has 0 unspecified atom stereocenters. The molecule has 1 fully saturated rings. The number of ether oxygens (including phenoxy) is 1. The highest BCUT2D eigenvalue weighted by atomic mass is 16.5. The van der Waals surface area contributed by atoms with Gasteiger partial charge in [-0.05, 0) is 0 Å². The summed E-state index contributed by atoms with van der Waals surface area (Å²) in [5.41, 5.74) is -0.242. The molecule has 0 aromatic heterocycles. The Morgan fingerprint density at radius 3 is 2.20 bits per heavy atom. The Bertz CT molecular complexity index is 161. The van der Waals surface area contributed by atoms with Crippen LogP contribution in [0.2, 0.25) is 0 Å². The first kappa shape index (κ1) is 7.73. The SMILES string of the molecule is CO[C@H]1[C@@H](C)C(=O)C1(C)C. The van der Waals surface area contributed by atoms with E-state index in [2.05, 4.69) is 0 Å². The van der Waals surface area contributed by atoms with Crippen molar-refractivity contribution < 1.29 is 9.53 Å². The summed E-state index contributed by atoms with van der Waals surface area (Å²) in [5, 5.41) is 0. The van der Waals surface area contributed by atoms with Crippen molar-refractivity contribution in [2.75, 3.05) is 7.11 Å². The second-order valence-electron chi connectivity index (χ2n) is 3.53. The van der Waals surface area contributed by atoms with Crippen LogP contribution in [-0.4, -0.2) is 19.0 Å². The van der Waals surface area contributed by atoms with Crippen LogP contribution in [0.25, 0.3) is 0 Å². The molecule has 0 spiro atoms. The van der Waals surface area contributed by atoms with E-state index in [4.69, 9.17) is 4.74 Å². The Morgan fingerprint density at radius 2 is 2.00 bits per heavy atom. The van der Waals surface area contributed by atoms with Gasteiger partial charge in [0.15, 0.2) is 0 Å². The summed E-state index contributed by atoms with van der Waals surface area (Å²) in [6.07, 6.45) is 0.125. The second kappa shape index (κ2) is 2.06. The van der Waals surface area contributed by atoms with Crippen molar-refractivity contribution in [3.8, 4) is 0 Å². The van der Waals surface area contributed by atoms with Gasteiger partial charge >= 0.3 is 0 Å². The molecule has 0 aromatic carbocycles. The third-order valence-electron chi connectivity index (χ3n) is 2.47. The smallest absolute Gasteiger partial charge is 0.146 e. The van der Waals surface area contributed by atoms with E-state index >= 15 is 0 Å². The number of carbonyl (C=O) groups is 1. The summed E-state index contributed by atoms with van der Waals surface area (Å²) in [5.74, 6) is 0.416. The van der Waals surface area contributed by atoms with Crippen LogP contribution in [-0.2, 0) is 9.53 Å². The third-order valence-corrected chi connectivity index (χ3v) is 2.47. The predicted octanol–water partition coefficient (Wildman–Crippen LogP) is 1.25. The number of rotatable bonds is 1. The van der Waals surface area contributed by atoms with E-state index in [9.17, 15) is 4.79 Å². The van der Waals surface area contributed by atoms with Crippen LogP contribution >= 0.6 is 0 Å². The molecule has 10 heavy (non-hydrogen) atoms. The fourth-order valence-electron chi connectivity index (χ4n) is 1.89. The molecule has 1 aliphatic rings. The molecule has 2 heteroatoms. The van der Waals surface area contributed by atoms with Gasteiger partial charge in [-0.3, -0.25) is 4.79 Å². The molecule has 0 amide bonds. The van der Waals surface area contributed by atoms with Crippen molar-refractivity contribution in [3.05, 3.63) is 0 Å². The summed E-state index contributed by atoms with van der Waals surface area (Å²) in [6, 6.07) is 0. The van der Waals surface area contributed by atoms with Crippen molar-refractivity contribution in [2.45, 2.75) is 26.9 Å². The predicted molar refractivity (Wildman–Crippen MR) is 38.7 cm³/mol. The first-order valence-electron chi connectivity index (χ1n) is 3.59. The summed E-state index contributed by atoms with van der Waals surface area (Å²) >= 11 is 0. The number of hydrogen-bond acceptors (Lipinski definition) is 2. The molecule has 0 bridgehead atoms. The van der Waals surface area contributed by atoms with Crippen molar-refractivity contribution in [3.63, 3.8) is 0 Å². The molecule has 2 nitrogen and oxygen atoms in total. The summed E-state index contributed by atoms with van der Waals surface area (Å²) in [6.45, 7) is 5.79. The normalized spacial score (nSPS) is 37.4. The number of ketones is 1. The lowest BCUT2D eigenvalue weighted by atomic mass is 9.61. The maximum absolute atomic E-state index is 11.2. The first-order chi connectivity index (χ1) is 4.51. The topological polar surface area (TPSA) is 26.3 Å². The average molecular weight is 142 g/mol. The molecule has 0 aromatic rings. The fourth-order valence-corrected chi connectivity index (χ4v) is 1.89. The third kappa shape index (κ3) is 0.717. The Labute approximate surface area is 61.6 Å². The second-order valence-corrected chi connectivity index (χ2v) is 3.53. The van der Waals surface area contributed by atoms with Crippen LogP contribution < -0.4 is 0 Å². The molecular formula is C8H14O2. The monoisotopic (exact) mass is 142 g/mol. The minimum absolute atomic E-state index is 0.0972. The quantitative estimate of drug-likeness (QED) is 0.550. The van der Waals surface area contributed by atoms with Crippen LogP contribution in [0.5, 0.6) is 0 Å². The van der Waals surface area contributed by atoms with Crippen LogP contribution in [0.3, 0.4) is 0 Å². The van der Waals surface area contributed by atoms with Crippen LogP contribution in [0, 0.1) is 11.3 Å². The zero-order valence-corrected chi connectivity index (χ0v) is 6.97. The molecule has 0 aliphatic heterocycles. The Balaban J connectivity index is 2.71.